The van der Waals surface area contributed by atoms with Crippen LogP contribution in [0.5, 0.6) is 17.4 Å². The predicted octanol–water partition coefficient (Wildman–Crippen LogP) is 5.91. The van der Waals surface area contributed by atoms with E-state index < -0.39 is 0 Å². The molecule has 0 amide bonds. The lowest BCUT2D eigenvalue weighted by Crippen LogP contribution is -2.21. The molecule has 5 nitrogen and oxygen atoms in total. The molecule has 0 fully saturated rings. The Morgan fingerprint density at radius 1 is 0.967 bits per heavy atom. The van der Waals surface area contributed by atoms with Crippen LogP contribution in [-0.2, 0) is 13.2 Å². The van der Waals surface area contributed by atoms with E-state index in [4.69, 9.17) is 37.4 Å². The third-order valence-corrected chi connectivity index (χ3v) is 5.73. The smallest absolute Gasteiger partial charge is 0.213 e. The van der Waals surface area contributed by atoms with Crippen molar-refractivity contribution >= 4 is 39.1 Å². The number of pyridine rings is 1. The first kappa shape index (κ1) is 22.7. The van der Waals surface area contributed by atoms with Crippen molar-refractivity contribution in [2.45, 2.75) is 13.2 Å². The summed E-state index contributed by atoms with van der Waals surface area (Å²) in [5, 5.41) is 4.47. The van der Waals surface area contributed by atoms with Gasteiger partial charge in [0.25, 0.3) is 0 Å². The fourth-order valence-corrected chi connectivity index (χ4v) is 3.71. The molecule has 0 spiro atoms. The van der Waals surface area contributed by atoms with Gasteiger partial charge in [-0.2, -0.15) is 0 Å². The summed E-state index contributed by atoms with van der Waals surface area (Å²) in [4.78, 5) is 4.14. The van der Waals surface area contributed by atoms with Gasteiger partial charge in [0.05, 0.1) is 7.11 Å². The zero-order valence-corrected chi connectivity index (χ0v) is 19.4. The maximum Gasteiger partial charge on any atom is 0.213 e. The van der Waals surface area contributed by atoms with Crippen molar-refractivity contribution in [2.75, 3.05) is 20.3 Å². The van der Waals surface area contributed by atoms with Crippen LogP contribution >= 0.6 is 39.1 Å². The lowest BCUT2D eigenvalue weighted by molar-refractivity contribution is 0.278. The maximum absolute atomic E-state index is 6.27. The van der Waals surface area contributed by atoms with Crippen LogP contribution in [0, 0.1) is 0 Å². The number of ether oxygens (including phenoxy) is 3. The summed E-state index contributed by atoms with van der Waals surface area (Å²) in [6.07, 6.45) is 1.70. The molecule has 8 heteroatoms. The van der Waals surface area contributed by atoms with E-state index in [2.05, 4.69) is 26.2 Å². The minimum Gasteiger partial charge on any atom is -0.493 e. The number of nitrogens with one attached hydrogen (secondary N) is 1. The molecule has 0 aliphatic heterocycles. The van der Waals surface area contributed by atoms with Gasteiger partial charge in [-0.15, -0.1) is 0 Å². The molecular formula is C22H21BrCl2N2O3. The van der Waals surface area contributed by atoms with Crippen molar-refractivity contribution in [3.63, 3.8) is 0 Å². The third kappa shape index (κ3) is 6.01. The van der Waals surface area contributed by atoms with Crippen molar-refractivity contribution in [2.24, 2.45) is 0 Å². The van der Waals surface area contributed by atoms with Crippen molar-refractivity contribution in [1.82, 2.24) is 10.3 Å². The number of hydrogen-bond donors (Lipinski definition) is 1. The van der Waals surface area contributed by atoms with Gasteiger partial charge in [0.15, 0.2) is 11.5 Å². The molecule has 2 aromatic carbocycles. The van der Waals surface area contributed by atoms with Crippen molar-refractivity contribution in [3.8, 4) is 17.4 Å². The Bertz CT molecular complexity index is 954. The van der Waals surface area contributed by atoms with Gasteiger partial charge in [-0.1, -0.05) is 51.3 Å². The van der Waals surface area contributed by atoms with Crippen LogP contribution in [0.2, 0.25) is 10.0 Å². The van der Waals surface area contributed by atoms with Gasteiger partial charge in [-0.3, -0.25) is 0 Å². The van der Waals surface area contributed by atoms with Crippen LogP contribution < -0.4 is 19.5 Å². The lowest BCUT2D eigenvalue weighted by atomic mass is 10.1. The first-order valence-corrected chi connectivity index (χ1v) is 10.8. The molecule has 0 saturated carbocycles. The number of nitrogens with zero attached hydrogens (tertiary/aromatic N) is 1. The number of hydrogen-bond acceptors (Lipinski definition) is 5. The minimum atomic E-state index is 0.223. The molecule has 30 heavy (non-hydrogen) atoms. The Labute approximate surface area is 194 Å². The maximum atomic E-state index is 6.27. The van der Waals surface area contributed by atoms with Gasteiger partial charge in [-0.25, -0.2) is 4.98 Å². The first-order chi connectivity index (χ1) is 14.6. The van der Waals surface area contributed by atoms with E-state index in [-0.39, 0.29) is 6.61 Å². The highest BCUT2D eigenvalue weighted by Gasteiger charge is 2.16. The summed E-state index contributed by atoms with van der Waals surface area (Å²) in [7, 11) is 1.61. The molecule has 3 rings (SSSR count). The predicted molar refractivity (Wildman–Crippen MR) is 123 cm³/mol. The molecule has 1 N–H and O–H groups in total. The monoisotopic (exact) mass is 510 g/mol. The van der Waals surface area contributed by atoms with Gasteiger partial charge in [0.1, 0.15) is 13.2 Å². The zero-order chi connectivity index (χ0) is 21.3. The van der Waals surface area contributed by atoms with Crippen LogP contribution in [0.4, 0.5) is 0 Å². The fraction of sp³-hybridized carbons (Fsp3) is 0.227. The van der Waals surface area contributed by atoms with Gasteiger partial charge in [-0.05, 0) is 30.3 Å². The highest BCUT2D eigenvalue weighted by atomic mass is 79.9. The Morgan fingerprint density at radius 2 is 1.77 bits per heavy atom. The Hall–Kier alpha value is -1.99. The van der Waals surface area contributed by atoms with Gasteiger partial charge in [0, 0.05) is 51.0 Å². The summed E-state index contributed by atoms with van der Waals surface area (Å²) in [5.74, 6) is 1.85. The number of methoxy groups -OCH3 is 1. The number of aromatic nitrogens is 1. The standard InChI is InChI=1S/C22H21BrCl2N2O3/c1-28-20-9-8-17(23)15(13-26-11-12-29-21-7-2-3-10-27-21)22(20)30-14-16-18(24)5-4-6-19(16)25/h2-10,26H,11-14H2,1H3. The number of benzene rings is 2. The van der Waals surface area contributed by atoms with E-state index >= 15 is 0 Å². The average molecular weight is 512 g/mol. The van der Waals surface area contributed by atoms with Crippen LogP contribution in [-0.4, -0.2) is 25.2 Å². The van der Waals surface area contributed by atoms with E-state index in [1.54, 1.807) is 31.5 Å². The molecule has 0 atom stereocenters. The molecule has 1 heterocycles. The zero-order valence-electron chi connectivity index (χ0n) is 16.3. The van der Waals surface area contributed by atoms with E-state index in [0.29, 0.717) is 47.1 Å². The molecule has 3 aromatic rings. The normalized spacial score (nSPS) is 10.7. The second-order valence-electron chi connectivity index (χ2n) is 6.24. The highest BCUT2D eigenvalue weighted by molar-refractivity contribution is 9.10. The fourth-order valence-electron chi connectivity index (χ4n) is 2.75. The summed E-state index contributed by atoms with van der Waals surface area (Å²) < 4.78 is 18.1. The largest absolute Gasteiger partial charge is 0.493 e. The van der Waals surface area contributed by atoms with Crippen molar-refractivity contribution in [1.29, 1.82) is 0 Å². The van der Waals surface area contributed by atoms with Crippen molar-refractivity contribution < 1.29 is 14.2 Å². The molecular weight excluding hydrogens is 491 g/mol. The second-order valence-corrected chi connectivity index (χ2v) is 7.91. The summed E-state index contributed by atoms with van der Waals surface area (Å²) in [6.45, 7) is 1.90. The molecule has 0 bridgehead atoms. The molecule has 0 aliphatic rings. The van der Waals surface area contributed by atoms with Crippen LogP contribution in [0.25, 0.3) is 0 Å². The van der Waals surface area contributed by atoms with Gasteiger partial charge >= 0.3 is 0 Å². The average Bonchev–Trinajstić information content (AvgIpc) is 2.75. The topological polar surface area (TPSA) is 52.6 Å². The van der Waals surface area contributed by atoms with Crippen LogP contribution in [0.3, 0.4) is 0 Å². The Kier molecular flexibility index (Phi) is 8.63. The van der Waals surface area contributed by atoms with E-state index in [1.165, 1.54) is 0 Å². The molecule has 0 aliphatic carbocycles. The summed E-state index contributed by atoms with van der Waals surface area (Å²) >= 11 is 16.1. The molecule has 158 valence electrons. The molecule has 0 unspecified atom stereocenters. The summed E-state index contributed by atoms with van der Waals surface area (Å²) in [6, 6.07) is 14.7. The Morgan fingerprint density at radius 3 is 2.47 bits per heavy atom. The van der Waals surface area contributed by atoms with Crippen LogP contribution in [0.1, 0.15) is 11.1 Å². The van der Waals surface area contributed by atoms with Gasteiger partial charge < -0.3 is 19.5 Å². The van der Waals surface area contributed by atoms with E-state index in [1.807, 2.05) is 30.3 Å². The number of rotatable bonds is 10. The summed E-state index contributed by atoms with van der Waals surface area (Å²) in [5.41, 5.74) is 1.65. The molecule has 0 saturated heterocycles. The first-order valence-electron chi connectivity index (χ1n) is 9.25. The SMILES string of the molecule is COc1ccc(Br)c(CNCCOc2ccccn2)c1OCc1c(Cl)cccc1Cl. The molecule has 1 aromatic heterocycles. The lowest BCUT2D eigenvalue weighted by Gasteiger charge is -2.18. The van der Waals surface area contributed by atoms with Gasteiger partial charge in [0.2, 0.25) is 5.88 Å². The second kappa shape index (κ2) is 11.4. The highest BCUT2D eigenvalue weighted by Crippen LogP contribution is 2.37. The number of halogens is 3. The van der Waals surface area contributed by atoms with Crippen LogP contribution in [0.15, 0.2) is 59.2 Å². The Balaban J connectivity index is 1.66. The van der Waals surface area contributed by atoms with E-state index in [0.717, 1.165) is 15.6 Å². The molecule has 0 radical (unpaired) electrons. The quantitative estimate of drug-likeness (QED) is 0.343. The van der Waals surface area contributed by atoms with Crippen molar-refractivity contribution in [3.05, 3.63) is 80.4 Å². The third-order valence-electron chi connectivity index (χ3n) is 4.28. The van der Waals surface area contributed by atoms with E-state index in [9.17, 15) is 0 Å². The minimum absolute atomic E-state index is 0.223.